The van der Waals surface area contributed by atoms with E-state index in [0.29, 0.717) is 12.2 Å². The van der Waals surface area contributed by atoms with Crippen molar-refractivity contribution in [3.05, 3.63) is 0 Å². The summed E-state index contributed by atoms with van der Waals surface area (Å²) in [6, 6.07) is -3.58. The second-order valence-corrected chi connectivity index (χ2v) is 7.28. The van der Waals surface area contributed by atoms with Crippen LogP contribution in [0.1, 0.15) is 26.2 Å². The lowest BCUT2D eigenvalue weighted by atomic mass is 10.1. The Labute approximate surface area is 172 Å². The van der Waals surface area contributed by atoms with Gasteiger partial charge in [-0.1, -0.05) is 0 Å². The SMILES string of the molecule is CSCCC(N)C(=O)NC(CCC(N)=O)C(=O)NC(C(=O)NCC(=O)O)C(C)O. The predicted molar refractivity (Wildman–Crippen MR) is 106 cm³/mol. The van der Waals surface area contributed by atoms with E-state index in [1.54, 1.807) is 0 Å². The molecule has 0 saturated heterocycles. The Balaban J connectivity index is 5.19. The molecular formula is C16H29N5O7S. The minimum atomic E-state index is -1.47. The van der Waals surface area contributed by atoms with Crippen LogP contribution < -0.4 is 27.4 Å². The van der Waals surface area contributed by atoms with Gasteiger partial charge in [0.25, 0.3) is 0 Å². The van der Waals surface area contributed by atoms with Gasteiger partial charge in [-0.2, -0.15) is 11.8 Å². The van der Waals surface area contributed by atoms with E-state index in [2.05, 4.69) is 10.6 Å². The van der Waals surface area contributed by atoms with Crippen molar-refractivity contribution in [2.75, 3.05) is 18.6 Å². The van der Waals surface area contributed by atoms with E-state index in [4.69, 9.17) is 16.6 Å². The first-order valence-corrected chi connectivity index (χ1v) is 10.2. The third kappa shape index (κ3) is 11.3. The summed E-state index contributed by atoms with van der Waals surface area (Å²) in [5.74, 6) is -3.77. The van der Waals surface area contributed by atoms with Gasteiger partial charge in [0.2, 0.25) is 23.6 Å². The predicted octanol–water partition coefficient (Wildman–Crippen LogP) is -3.12. The van der Waals surface area contributed by atoms with Gasteiger partial charge in [0.05, 0.1) is 12.1 Å². The minimum absolute atomic E-state index is 0.147. The summed E-state index contributed by atoms with van der Waals surface area (Å²) in [4.78, 5) is 58.4. The molecule has 12 nitrogen and oxygen atoms in total. The first kappa shape index (κ1) is 26.6. The lowest BCUT2D eigenvalue weighted by Crippen LogP contribution is -2.58. The third-order valence-corrected chi connectivity index (χ3v) is 4.40. The number of carboxylic acid groups (broad SMARTS) is 1. The summed E-state index contributed by atoms with van der Waals surface area (Å²) < 4.78 is 0. The summed E-state index contributed by atoms with van der Waals surface area (Å²) in [6.07, 6.45) is 0.489. The van der Waals surface area contributed by atoms with Gasteiger partial charge in [0.1, 0.15) is 18.6 Å². The van der Waals surface area contributed by atoms with Gasteiger partial charge in [-0.25, -0.2) is 0 Å². The monoisotopic (exact) mass is 435 g/mol. The van der Waals surface area contributed by atoms with Crippen LogP contribution in [0.25, 0.3) is 0 Å². The van der Waals surface area contributed by atoms with Crippen LogP contribution in [0, 0.1) is 0 Å². The van der Waals surface area contributed by atoms with Gasteiger partial charge in [-0.3, -0.25) is 24.0 Å². The number of thioether (sulfide) groups is 1. The molecule has 166 valence electrons. The van der Waals surface area contributed by atoms with Crippen LogP contribution >= 0.6 is 11.8 Å². The number of nitrogens with one attached hydrogen (secondary N) is 3. The molecule has 0 aliphatic heterocycles. The average molecular weight is 436 g/mol. The summed E-state index contributed by atoms with van der Waals surface area (Å²) in [5.41, 5.74) is 10.9. The lowest BCUT2D eigenvalue weighted by molar-refractivity contribution is -0.139. The van der Waals surface area contributed by atoms with Gasteiger partial charge in [-0.15, -0.1) is 0 Å². The highest BCUT2D eigenvalue weighted by molar-refractivity contribution is 7.98. The van der Waals surface area contributed by atoms with E-state index in [1.165, 1.54) is 18.7 Å². The molecule has 0 bridgehead atoms. The number of primary amides is 1. The van der Waals surface area contributed by atoms with Crippen molar-refractivity contribution >= 4 is 41.4 Å². The fourth-order valence-corrected chi connectivity index (χ4v) is 2.63. The van der Waals surface area contributed by atoms with Crippen molar-refractivity contribution in [3.63, 3.8) is 0 Å². The molecule has 13 heteroatoms. The first-order valence-electron chi connectivity index (χ1n) is 8.80. The number of amides is 4. The molecule has 9 N–H and O–H groups in total. The smallest absolute Gasteiger partial charge is 0.322 e. The Morgan fingerprint density at radius 1 is 1.03 bits per heavy atom. The molecule has 0 aromatic heterocycles. The molecule has 0 heterocycles. The Kier molecular flexibility index (Phi) is 12.6. The van der Waals surface area contributed by atoms with Crippen molar-refractivity contribution in [3.8, 4) is 0 Å². The number of carbonyl (C=O) groups is 5. The van der Waals surface area contributed by atoms with E-state index < -0.39 is 60.4 Å². The summed E-state index contributed by atoms with van der Waals surface area (Å²) >= 11 is 1.49. The number of nitrogens with two attached hydrogens (primary N) is 2. The van der Waals surface area contributed by atoms with Gasteiger partial charge >= 0.3 is 5.97 Å². The largest absolute Gasteiger partial charge is 0.480 e. The molecule has 0 aliphatic carbocycles. The fraction of sp³-hybridized carbons (Fsp3) is 0.688. The Morgan fingerprint density at radius 2 is 1.66 bits per heavy atom. The van der Waals surface area contributed by atoms with E-state index in [1.807, 2.05) is 11.6 Å². The van der Waals surface area contributed by atoms with Gasteiger partial charge in [0, 0.05) is 6.42 Å². The van der Waals surface area contributed by atoms with Crippen LogP contribution in [-0.4, -0.2) is 82.6 Å². The molecular weight excluding hydrogens is 406 g/mol. The molecule has 0 rings (SSSR count). The van der Waals surface area contributed by atoms with Crippen LogP contribution in [0.5, 0.6) is 0 Å². The standard InChI is InChI=1S/C16H29N5O7S/c1-8(22)13(16(28)19-7-12(24)25)21-15(27)10(3-4-11(18)23)20-14(26)9(17)5-6-29-2/h8-10,13,22H,3-7,17H2,1-2H3,(H2,18,23)(H,19,28)(H,20,26)(H,21,27)(H,24,25). The minimum Gasteiger partial charge on any atom is -0.480 e. The van der Waals surface area contributed by atoms with Crippen molar-refractivity contribution in [2.24, 2.45) is 11.5 Å². The Morgan fingerprint density at radius 3 is 2.14 bits per heavy atom. The number of hydrogen-bond donors (Lipinski definition) is 7. The number of aliphatic hydroxyl groups is 1. The molecule has 0 spiro atoms. The molecule has 29 heavy (non-hydrogen) atoms. The van der Waals surface area contributed by atoms with E-state index in [0.717, 1.165) is 0 Å². The van der Waals surface area contributed by atoms with Gasteiger partial charge < -0.3 is 37.6 Å². The van der Waals surface area contributed by atoms with E-state index in [-0.39, 0.29) is 12.8 Å². The maximum atomic E-state index is 12.6. The molecule has 0 radical (unpaired) electrons. The zero-order valence-corrected chi connectivity index (χ0v) is 17.2. The fourth-order valence-electron chi connectivity index (χ4n) is 2.14. The molecule has 4 unspecified atom stereocenters. The molecule has 0 aliphatic rings. The number of carbonyl (C=O) groups excluding carboxylic acids is 4. The second kappa shape index (κ2) is 13.7. The highest BCUT2D eigenvalue weighted by Crippen LogP contribution is 2.04. The number of carboxylic acids is 1. The molecule has 4 atom stereocenters. The topological polar surface area (TPSA) is 214 Å². The quantitative estimate of drug-likeness (QED) is 0.147. The van der Waals surface area contributed by atoms with Crippen LogP contribution in [0.15, 0.2) is 0 Å². The van der Waals surface area contributed by atoms with Crippen molar-refractivity contribution < 1.29 is 34.2 Å². The molecule has 0 fully saturated rings. The van der Waals surface area contributed by atoms with Crippen molar-refractivity contribution in [1.82, 2.24) is 16.0 Å². The third-order valence-electron chi connectivity index (χ3n) is 3.76. The number of aliphatic carboxylic acids is 1. The van der Waals surface area contributed by atoms with Crippen molar-refractivity contribution in [2.45, 2.75) is 50.4 Å². The van der Waals surface area contributed by atoms with Crippen LogP contribution in [0.2, 0.25) is 0 Å². The second-order valence-electron chi connectivity index (χ2n) is 6.29. The maximum absolute atomic E-state index is 12.6. The zero-order valence-electron chi connectivity index (χ0n) is 16.3. The highest BCUT2D eigenvalue weighted by atomic mass is 32.2. The molecule has 4 amide bonds. The molecule has 0 aromatic carbocycles. The first-order chi connectivity index (χ1) is 13.5. The van der Waals surface area contributed by atoms with Gasteiger partial charge in [0.15, 0.2) is 0 Å². The van der Waals surface area contributed by atoms with E-state index in [9.17, 15) is 29.1 Å². The summed E-state index contributed by atoms with van der Waals surface area (Å²) in [7, 11) is 0. The van der Waals surface area contributed by atoms with Crippen molar-refractivity contribution in [1.29, 1.82) is 0 Å². The summed E-state index contributed by atoms with van der Waals surface area (Å²) in [5, 5.41) is 25.1. The number of rotatable bonds is 14. The Hall–Kier alpha value is -2.38. The van der Waals surface area contributed by atoms with E-state index >= 15 is 0 Å². The number of hydrogen-bond acceptors (Lipinski definition) is 8. The molecule has 0 aromatic rings. The van der Waals surface area contributed by atoms with Crippen LogP contribution in [-0.2, 0) is 24.0 Å². The van der Waals surface area contributed by atoms with Crippen LogP contribution in [0.4, 0.5) is 0 Å². The average Bonchev–Trinajstić information content (AvgIpc) is 2.64. The summed E-state index contributed by atoms with van der Waals surface area (Å²) in [6.45, 7) is 0.519. The maximum Gasteiger partial charge on any atom is 0.322 e. The normalized spacial score (nSPS) is 14.8. The lowest BCUT2D eigenvalue weighted by Gasteiger charge is -2.25. The zero-order chi connectivity index (χ0) is 22.6. The van der Waals surface area contributed by atoms with Crippen LogP contribution in [0.3, 0.4) is 0 Å². The van der Waals surface area contributed by atoms with Gasteiger partial charge in [-0.05, 0) is 31.8 Å². The highest BCUT2D eigenvalue weighted by Gasteiger charge is 2.30. The Bertz CT molecular complexity index is 602. The number of aliphatic hydroxyl groups excluding tert-OH is 1. The molecule has 0 saturated carbocycles.